The van der Waals surface area contributed by atoms with Crippen molar-refractivity contribution in [3.05, 3.63) is 28.3 Å². The van der Waals surface area contributed by atoms with Crippen LogP contribution >= 0.6 is 0 Å². The highest BCUT2D eigenvalue weighted by Crippen LogP contribution is 2.20. The predicted octanol–water partition coefficient (Wildman–Crippen LogP) is -1.34. The van der Waals surface area contributed by atoms with E-state index in [1.165, 1.54) is 24.1 Å². The number of esters is 1. The van der Waals surface area contributed by atoms with Crippen LogP contribution in [0.1, 0.15) is 10.4 Å². The fourth-order valence-electron chi connectivity index (χ4n) is 1.84. The van der Waals surface area contributed by atoms with Gasteiger partial charge < -0.3 is 19.7 Å². The topological polar surface area (TPSA) is 143 Å². The van der Waals surface area contributed by atoms with E-state index in [4.69, 9.17) is 5.11 Å². The first-order valence-electron chi connectivity index (χ1n) is 6.07. The second-order valence-electron chi connectivity index (χ2n) is 4.32. The first-order chi connectivity index (χ1) is 10.4. The SMILES string of the molecule is COC(=O)c1cn(CC(=O)NCC(=O)O)cc2c(=O)[nH]nc1-2. The minimum atomic E-state index is -1.18. The summed E-state index contributed by atoms with van der Waals surface area (Å²) in [5.74, 6) is -2.48. The van der Waals surface area contributed by atoms with Crippen molar-refractivity contribution in [2.75, 3.05) is 13.7 Å². The molecule has 0 saturated heterocycles. The third kappa shape index (κ3) is 3.11. The number of aliphatic carboxylic acids is 1. The van der Waals surface area contributed by atoms with E-state index in [9.17, 15) is 19.2 Å². The Morgan fingerprint density at radius 1 is 1.41 bits per heavy atom. The Balaban J connectivity index is 2.34. The van der Waals surface area contributed by atoms with Crippen LogP contribution in [0.25, 0.3) is 11.3 Å². The largest absolute Gasteiger partial charge is 0.480 e. The number of fused-ring (bicyclic) bond motifs is 1. The van der Waals surface area contributed by atoms with Gasteiger partial charge in [-0.1, -0.05) is 0 Å². The Bertz CT molecular complexity index is 761. The molecule has 116 valence electrons. The highest BCUT2D eigenvalue weighted by Gasteiger charge is 2.22. The van der Waals surface area contributed by atoms with Crippen molar-refractivity contribution >= 4 is 17.8 Å². The van der Waals surface area contributed by atoms with E-state index in [2.05, 4.69) is 20.3 Å². The lowest BCUT2D eigenvalue weighted by atomic mass is 10.1. The van der Waals surface area contributed by atoms with Crippen LogP contribution in [0, 0.1) is 0 Å². The average Bonchev–Trinajstić information content (AvgIpc) is 2.85. The Hall–Kier alpha value is -3.17. The van der Waals surface area contributed by atoms with Crippen LogP contribution in [0.3, 0.4) is 0 Å². The third-order valence-electron chi connectivity index (χ3n) is 2.78. The lowest BCUT2D eigenvalue weighted by Crippen LogP contribution is -2.32. The molecule has 10 heteroatoms. The molecule has 0 spiro atoms. The number of amides is 1. The summed E-state index contributed by atoms with van der Waals surface area (Å²) in [5.41, 5.74) is -0.238. The van der Waals surface area contributed by atoms with E-state index >= 15 is 0 Å². The molecule has 0 atom stereocenters. The van der Waals surface area contributed by atoms with Gasteiger partial charge in [0.25, 0.3) is 5.56 Å². The Morgan fingerprint density at radius 2 is 2.14 bits per heavy atom. The van der Waals surface area contributed by atoms with E-state index in [0.717, 1.165) is 0 Å². The molecule has 10 nitrogen and oxygen atoms in total. The van der Waals surface area contributed by atoms with Gasteiger partial charge in [0.05, 0.1) is 12.7 Å². The summed E-state index contributed by atoms with van der Waals surface area (Å²) >= 11 is 0. The van der Waals surface area contributed by atoms with Crippen LogP contribution in [-0.2, 0) is 20.9 Å². The number of hydrogen-bond acceptors (Lipinski definition) is 6. The number of carboxylic acids is 1. The molecule has 0 fully saturated rings. The van der Waals surface area contributed by atoms with E-state index in [1.54, 1.807) is 0 Å². The minimum absolute atomic E-state index is 0.0179. The highest BCUT2D eigenvalue weighted by atomic mass is 16.5. The van der Waals surface area contributed by atoms with Gasteiger partial charge in [-0.05, 0) is 0 Å². The Kier molecular flexibility index (Phi) is 4.20. The summed E-state index contributed by atoms with van der Waals surface area (Å²) in [5, 5.41) is 16.6. The standard InChI is InChI=1S/C12H12N4O6/c1-22-12(21)7-4-16(5-8(17)13-2-9(18)19)3-6-10(7)14-15-11(6)20/h3-4H,2,5H2,1H3,(H,13,17)(H,15,20)(H,18,19). The van der Waals surface area contributed by atoms with E-state index in [0.29, 0.717) is 0 Å². The molecule has 0 aliphatic carbocycles. The van der Waals surface area contributed by atoms with Crippen LogP contribution in [0.5, 0.6) is 0 Å². The molecule has 0 bridgehead atoms. The zero-order valence-corrected chi connectivity index (χ0v) is 11.5. The number of carbonyl (C=O) groups excluding carboxylic acids is 2. The maximum atomic E-state index is 11.7. The fraction of sp³-hybridized carbons (Fsp3) is 0.250. The Labute approximate surface area is 123 Å². The minimum Gasteiger partial charge on any atom is -0.480 e. The smallest absolute Gasteiger partial charge is 0.341 e. The van der Waals surface area contributed by atoms with Gasteiger partial charge in [0.15, 0.2) is 0 Å². The lowest BCUT2D eigenvalue weighted by molar-refractivity contribution is -0.138. The maximum absolute atomic E-state index is 11.7. The first-order valence-corrected chi connectivity index (χ1v) is 6.07. The molecule has 0 radical (unpaired) electrons. The van der Waals surface area contributed by atoms with Crippen LogP contribution in [-0.4, -0.2) is 51.4 Å². The molecule has 0 aromatic heterocycles. The molecule has 2 aliphatic heterocycles. The number of carboxylic acid groups (broad SMARTS) is 1. The molecule has 2 aliphatic rings. The number of methoxy groups -OCH3 is 1. The van der Waals surface area contributed by atoms with Gasteiger partial charge in [-0.15, -0.1) is 0 Å². The molecule has 3 N–H and O–H groups in total. The van der Waals surface area contributed by atoms with E-state index in [1.807, 2.05) is 0 Å². The molecule has 22 heavy (non-hydrogen) atoms. The molecule has 0 unspecified atom stereocenters. The Morgan fingerprint density at radius 3 is 2.77 bits per heavy atom. The van der Waals surface area contributed by atoms with Crippen molar-refractivity contribution in [3.63, 3.8) is 0 Å². The number of hydrogen-bond donors (Lipinski definition) is 3. The molecule has 0 aromatic rings. The number of carbonyl (C=O) groups is 3. The molecule has 0 saturated carbocycles. The summed E-state index contributed by atoms with van der Waals surface area (Å²) < 4.78 is 5.89. The fourth-order valence-corrected chi connectivity index (χ4v) is 1.84. The summed E-state index contributed by atoms with van der Waals surface area (Å²) in [6.07, 6.45) is 2.64. The molecule has 2 rings (SSSR count). The third-order valence-corrected chi connectivity index (χ3v) is 2.78. The van der Waals surface area contributed by atoms with Crippen molar-refractivity contribution < 1.29 is 24.2 Å². The van der Waals surface area contributed by atoms with Crippen molar-refractivity contribution in [2.24, 2.45) is 0 Å². The van der Waals surface area contributed by atoms with Gasteiger partial charge in [-0.25, -0.2) is 9.89 Å². The predicted molar refractivity (Wildman–Crippen MR) is 71.5 cm³/mol. The van der Waals surface area contributed by atoms with Gasteiger partial charge in [0.1, 0.15) is 24.3 Å². The number of nitrogens with zero attached hydrogens (tertiary/aromatic N) is 2. The normalized spacial score (nSPS) is 10.4. The quantitative estimate of drug-likeness (QED) is 0.580. The van der Waals surface area contributed by atoms with Crippen molar-refractivity contribution in [1.82, 2.24) is 20.1 Å². The zero-order chi connectivity index (χ0) is 16.3. The summed E-state index contributed by atoms with van der Waals surface area (Å²) in [6.45, 7) is -0.790. The molecular weight excluding hydrogens is 296 g/mol. The molecule has 1 amide bonds. The van der Waals surface area contributed by atoms with E-state index in [-0.39, 0.29) is 23.4 Å². The van der Waals surface area contributed by atoms with Crippen LogP contribution in [0.2, 0.25) is 0 Å². The summed E-state index contributed by atoms with van der Waals surface area (Å²) in [4.78, 5) is 45.4. The van der Waals surface area contributed by atoms with Crippen LogP contribution in [0.15, 0.2) is 17.2 Å². The number of rotatable bonds is 5. The highest BCUT2D eigenvalue weighted by molar-refractivity contribution is 5.96. The average molecular weight is 308 g/mol. The van der Waals surface area contributed by atoms with Gasteiger partial charge in [-0.3, -0.25) is 14.4 Å². The number of nitrogens with one attached hydrogen (secondary N) is 2. The zero-order valence-electron chi connectivity index (χ0n) is 11.5. The molecule has 2 heterocycles. The van der Waals surface area contributed by atoms with E-state index < -0.39 is 29.9 Å². The summed E-state index contributed by atoms with van der Waals surface area (Å²) in [6, 6.07) is 0. The number of aromatic nitrogens is 3. The van der Waals surface area contributed by atoms with Crippen molar-refractivity contribution in [2.45, 2.75) is 6.54 Å². The maximum Gasteiger partial charge on any atom is 0.341 e. The number of ether oxygens (including phenoxy) is 1. The molecule has 0 aromatic carbocycles. The second kappa shape index (κ2) is 6.08. The first kappa shape index (κ1) is 15.2. The summed E-state index contributed by atoms with van der Waals surface area (Å²) in [7, 11) is 1.18. The monoisotopic (exact) mass is 308 g/mol. The van der Waals surface area contributed by atoms with Gasteiger partial charge in [-0.2, -0.15) is 5.10 Å². The van der Waals surface area contributed by atoms with Gasteiger partial charge in [0, 0.05) is 12.4 Å². The van der Waals surface area contributed by atoms with Crippen molar-refractivity contribution in [1.29, 1.82) is 0 Å². The van der Waals surface area contributed by atoms with Crippen molar-refractivity contribution in [3.8, 4) is 11.3 Å². The number of aromatic amines is 1. The van der Waals surface area contributed by atoms with Gasteiger partial charge in [0.2, 0.25) is 5.91 Å². The van der Waals surface area contributed by atoms with Crippen LogP contribution in [0.4, 0.5) is 0 Å². The lowest BCUT2D eigenvalue weighted by Gasteiger charge is -2.11. The van der Waals surface area contributed by atoms with Crippen LogP contribution < -0.4 is 10.9 Å². The number of pyridine rings is 1. The van der Waals surface area contributed by atoms with Gasteiger partial charge >= 0.3 is 11.9 Å². The number of H-pyrrole nitrogens is 1. The molecular formula is C12H12N4O6. The second-order valence-corrected chi connectivity index (χ2v) is 4.32.